The van der Waals surface area contributed by atoms with Crippen LogP contribution in [-0.2, 0) is 0 Å². The van der Waals surface area contributed by atoms with Crippen LogP contribution in [0.15, 0.2) is 35.5 Å². The molecular weight excluding hydrogens is 242 g/mol. The number of para-hydroxylation sites is 1. The fourth-order valence-electron chi connectivity index (χ4n) is 1.70. The first-order chi connectivity index (χ1) is 8.11. The van der Waals surface area contributed by atoms with E-state index in [4.69, 9.17) is 11.6 Å². The van der Waals surface area contributed by atoms with E-state index in [0.29, 0.717) is 5.69 Å². The van der Waals surface area contributed by atoms with Crippen molar-refractivity contribution < 1.29 is 4.92 Å². The van der Waals surface area contributed by atoms with Gasteiger partial charge in [-0.05, 0) is 18.6 Å². The first kappa shape index (κ1) is 11.6. The Balaban J connectivity index is 2.54. The Morgan fingerprint density at radius 2 is 2.29 bits per heavy atom. The Kier molecular flexibility index (Phi) is 3.10. The van der Waals surface area contributed by atoms with Crippen LogP contribution >= 0.6 is 11.6 Å². The first-order valence-electron chi connectivity index (χ1n) is 4.97. The molecule has 17 heavy (non-hydrogen) atoms. The topological polar surface area (TPSA) is 58.7 Å². The van der Waals surface area contributed by atoms with Gasteiger partial charge in [-0.2, -0.15) is 0 Å². The van der Waals surface area contributed by atoms with Gasteiger partial charge in [-0.25, -0.2) is 4.99 Å². The van der Waals surface area contributed by atoms with E-state index in [2.05, 4.69) is 4.99 Å². The summed E-state index contributed by atoms with van der Waals surface area (Å²) < 4.78 is 0. The van der Waals surface area contributed by atoms with Crippen LogP contribution in [0.3, 0.4) is 0 Å². The standard InChI is InChI=1S/C11H10ClN3O2/c1-8-3-2-4-9(15(16)17)11(8)14-7-13-6-5-10(14)12/h2-7,10H,1H3. The number of aryl methyl sites for hydroxylation is 1. The number of alkyl halides is 1. The highest BCUT2D eigenvalue weighted by molar-refractivity contribution is 6.25. The SMILES string of the molecule is Cc1cccc([N+](=O)[O-])c1N1C=NC=CC1Cl. The van der Waals surface area contributed by atoms with E-state index in [1.165, 1.54) is 12.4 Å². The summed E-state index contributed by atoms with van der Waals surface area (Å²) in [7, 11) is 0. The Morgan fingerprint density at radius 3 is 2.94 bits per heavy atom. The third kappa shape index (κ3) is 2.14. The zero-order chi connectivity index (χ0) is 12.4. The summed E-state index contributed by atoms with van der Waals surface area (Å²) in [6, 6.07) is 4.91. The molecule has 1 aliphatic heterocycles. The van der Waals surface area contributed by atoms with Crippen LogP contribution in [0.2, 0.25) is 0 Å². The lowest BCUT2D eigenvalue weighted by molar-refractivity contribution is -0.384. The normalized spacial score (nSPS) is 18.5. The second kappa shape index (κ2) is 4.55. The van der Waals surface area contributed by atoms with Gasteiger partial charge in [0.1, 0.15) is 11.2 Å². The van der Waals surface area contributed by atoms with Crippen molar-refractivity contribution in [1.29, 1.82) is 0 Å². The lowest BCUT2D eigenvalue weighted by atomic mass is 10.1. The van der Waals surface area contributed by atoms with Crippen molar-refractivity contribution in [3.63, 3.8) is 0 Å². The molecule has 1 heterocycles. The third-order valence-electron chi connectivity index (χ3n) is 2.46. The van der Waals surface area contributed by atoms with Gasteiger partial charge >= 0.3 is 0 Å². The Hall–Kier alpha value is -1.88. The summed E-state index contributed by atoms with van der Waals surface area (Å²) in [5.74, 6) is 0. The van der Waals surface area contributed by atoms with Crippen molar-refractivity contribution >= 4 is 29.3 Å². The summed E-state index contributed by atoms with van der Waals surface area (Å²) in [5.41, 5.74) is 0.821. The Bertz CT molecular complexity index is 513. The molecule has 0 saturated carbocycles. The molecule has 0 saturated heterocycles. The number of benzene rings is 1. The number of anilines is 1. The van der Waals surface area contributed by atoms with Crippen molar-refractivity contribution in [3.05, 3.63) is 46.2 Å². The van der Waals surface area contributed by atoms with Gasteiger partial charge in [0.15, 0.2) is 0 Å². The van der Waals surface area contributed by atoms with E-state index in [9.17, 15) is 10.1 Å². The smallest absolute Gasteiger partial charge is 0.293 e. The van der Waals surface area contributed by atoms with E-state index in [1.54, 1.807) is 36.2 Å². The second-order valence-electron chi connectivity index (χ2n) is 3.59. The molecule has 0 spiro atoms. The molecular formula is C11H10ClN3O2. The van der Waals surface area contributed by atoms with Crippen LogP contribution in [-0.4, -0.2) is 16.8 Å². The van der Waals surface area contributed by atoms with Gasteiger partial charge in [-0.1, -0.05) is 23.7 Å². The number of hydrogen-bond donors (Lipinski definition) is 0. The van der Waals surface area contributed by atoms with Gasteiger partial charge in [0.2, 0.25) is 0 Å². The van der Waals surface area contributed by atoms with E-state index in [1.807, 2.05) is 0 Å². The minimum Gasteiger partial charge on any atom is -0.306 e. The first-order valence-corrected chi connectivity index (χ1v) is 5.41. The quantitative estimate of drug-likeness (QED) is 0.351. The zero-order valence-electron chi connectivity index (χ0n) is 9.08. The average molecular weight is 252 g/mol. The van der Waals surface area contributed by atoms with Crippen LogP contribution < -0.4 is 4.90 Å². The highest BCUT2D eigenvalue weighted by Gasteiger charge is 2.24. The lowest BCUT2D eigenvalue weighted by Crippen LogP contribution is -2.31. The molecule has 1 aliphatic rings. The molecule has 1 atom stereocenters. The van der Waals surface area contributed by atoms with Crippen LogP contribution in [0.5, 0.6) is 0 Å². The van der Waals surface area contributed by atoms with Crippen LogP contribution in [0.4, 0.5) is 11.4 Å². The van der Waals surface area contributed by atoms with Crippen molar-refractivity contribution in [1.82, 2.24) is 0 Å². The Morgan fingerprint density at radius 1 is 1.53 bits per heavy atom. The van der Waals surface area contributed by atoms with Crippen molar-refractivity contribution in [3.8, 4) is 0 Å². The van der Waals surface area contributed by atoms with E-state index in [0.717, 1.165) is 5.56 Å². The minimum absolute atomic E-state index is 0.0254. The largest absolute Gasteiger partial charge is 0.306 e. The summed E-state index contributed by atoms with van der Waals surface area (Å²) in [4.78, 5) is 16.1. The van der Waals surface area contributed by atoms with Gasteiger partial charge in [0, 0.05) is 12.3 Å². The van der Waals surface area contributed by atoms with Crippen molar-refractivity contribution in [2.45, 2.75) is 12.4 Å². The molecule has 5 nitrogen and oxygen atoms in total. The number of halogens is 1. The van der Waals surface area contributed by atoms with Gasteiger partial charge in [-0.15, -0.1) is 0 Å². The fraction of sp³-hybridized carbons (Fsp3) is 0.182. The highest BCUT2D eigenvalue weighted by atomic mass is 35.5. The molecule has 1 aromatic carbocycles. The van der Waals surface area contributed by atoms with Gasteiger partial charge in [-0.3, -0.25) is 10.1 Å². The van der Waals surface area contributed by atoms with E-state index >= 15 is 0 Å². The van der Waals surface area contributed by atoms with Crippen molar-refractivity contribution in [2.75, 3.05) is 4.90 Å². The summed E-state index contributed by atoms with van der Waals surface area (Å²) >= 11 is 6.09. The van der Waals surface area contributed by atoms with Crippen LogP contribution in [0, 0.1) is 17.0 Å². The number of aliphatic imine (C=N–C) groups is 1. The zero-order valence-corrected chi connectivity index (χ0v) is 9.83. The fourth-order valence-corrected chi connectivity index (χ4v) is 1.91. The summed E-state index contributed by atoms with van der Waals surface area (Å²) in [5, 5.41) is 11.0. The number of nitrogens with zero attached hydrogens (tertiary/aromatic N) is 3. The predicted molar refractivity (Wildman–Crippen MR) is 67.6 cm³/mol. The third-order valence-corrected chi connectivity index (χ3v) is 2.81. The minimum atomic E-state index is -0.465. The molecule has 1 unspecified atom stereocenters. The molecule has 0 aromatic heterocycles. The summed E-state index contributed by atoms with van der Waals surface area (Å²) in [6.07, 6.45) is 4.73. The maximum absolute atomic E-state index is 11.0. The highest BCUT2D eigenvalue weighted by Crippen LogP contribution is 2.33. The van der Waals surface area contributed by atoms with Gasteiger partial charge in [0.05, 0.1) is 11.3 Å². The lowest BCUT2D eigenvalue weighted by Gasteiger charge is -2.25. The molecule has 0 N–H and O–H groups in total. The molecule has 0 bridgehead atoms. The molecule has 88 valence electrons. The molecule has 2 rings (SSSR count). The number of nitro groups is 1. The predicted octanol–water partition coefficient (Wildman–Crippen LogP) is 2.83. The number of nitro benzene ring substituents is 1. The second-order valence-corrected chi connectivity index (χ2v) is 4.03. The van der Waals surface area contributed by atoms with Crippen LogP contribution in [0.1, 0.15) is 5.56 Å². The summed E-state index contributed by atoms with van der Waals surface area (Å²) in [6.45, 7) is 1.80. The molecule has 0 fully saturated rings. The molecule has 0 radical (unpaired) electrons. The number of hydrogen-bond acceptors (Lipinski definition) is 4. The molecule has 0 amide bonds. The van der Waals surface area contributed by atoms with Crippen LogP contribution in [0.25, 0.3) is 0 Å². The Labute approximate surface area is 103 Å². The monoisotopic (exact) mass is 251 g/mol. The maximum Gasteiger partial charge on any atom is 0.293 e. The van der Waals surface area contributed by atoms with E-state index in [-0.39, 0.29) is 5.69 Å². The maximum atomic E-state index is 11.0. The van der Waals surface area contributed by atoms with Crippen molar-refractivity contribution in [2.24, 2.45) is 4.99 Å². The van der Waals surface area contributed by atoms with Gasteiger partial charge < -0.3 is 4.90 Å². The average Bonchev–Trinajstić information content (AvgIpc) is 2.30. The number of rotatable bonds is 2. The van der Waals surface area contributed by atoms with E-state index < -0.39 is 10.4 Å². The molecule has 0 aliphatic carbocycles. The molecule has 6 heteroatoms. The van der Waals surface area contributed by atoms with Gasteiger partial charge in [0.25, 0.3) is 5.69 Å². The molecule has 1 aromatic rings.